The van der Waals surface area contributed by atoms with E-state index in [-0.39, 0.29) is 0 Å². The van der Waals surface area contributed by atoms with Crippen molar-refractivity contribution < 1.29 is 0 Å². The van der Waals surface area contributed by atoms with Crippen molar-refractivity contribution in [3.63, 3.8) is 0 Å². The molecule has 4 heteroatoms. The van der Waals surface area contributed by atoms with Gasteiger partial charge in [-0.25, -0.2) is 9.50 Å². The first-order chi connectivity index (χ1) is 6.34. The molecular weight excluding hydrogens is 164 g/mol. The largest absolute Gasteiger partial charge is 0.327 e. The third-order valence-corrected chi connectivity index (χ3v) is 2.53. The molecule has 0 aliphatic heterocycles. The van der Waals surface area contributed by atoms with E-state index in [1.165, 1.54) is 5.56 Å². The van der Waals surface area contributed by atoms with Gasteiger partial charge in [0, 0.05) is 30.4 Å². The van der Waals surface area contributed by atoms with Crippen LogP contribution in [-0.4, -0.2) is 20.6 Å². The minimum Gasteiger partial charge on any atom is -0.327 e. The van der Waals surface area contributed by atoms with Crippen LogP contribution in [0.15, 0.2) is 24.7 Å². The van der Waals surface area contributed by atoms with Crippen LogP contribution in [0.1, 0.15) is 17.9 Å². The fourth-order valence-electron chi connectivity index (χ4n) is 1.61. The van der Waals surface area contributed by atoms with Crippen LogP contribution in [-0.2, 0) is 0 Å². The average molecular weight is 174 g/mol. The Hall–Kier alpha value is -1.42. The van der Waals surface area contributed by atoms with E-state index in [1.807, 2.05) is 18.5 Å². The molecule has 1 saturated carbocycles. The molecule has 4 nitrogen and oxygen atoms in total. The van der Waals surface area contributed by atoms with Crippen molar-refractivity contribution in [2.75, 3.05) is 0 Å². The van der Waals surface area contributed by atoms with Crippen LogP contribution in [0.4, 0.5) is 0 Å². The van der Waals surface area contributed by atoms with Crippen molar-refractivity contribution in [3.8, 4) is 0 Å². The maximum absolute atomic E-state index is 5.76. The Morgan fingerprint density at radius 2 is 2.38 bits per heavy atom. The summed E-state index contributed by atoms with van der Waals surface area (Å²) in [5.41, 5.74) is 7.85. The van der Waals surface area contributed by atoms with E-state index in [2.05, 4.69) is 10.1 Å². The average Bonchev–Trinajstić information content (AvgIpc) is 2.70. The summed E-state index contributed by atoms with van der Waals surface area (Å²) in [5.74, 6) is 0.501. The van der Waals surface area contributed by atoms with Crippen molar-refractivity contribution in [3.05, 3.63) is 30.2 Å². The molecule has 66 valence electrons. The molecular formula is C9H10N4. The monoisotopic (exact) mass is 174 g/mol. The van der Waals surface area contributed by atoms with Gasteiger partial charge < -0.3 is 5.73 Å². The Labute approximate surface area is 75.4 Å². The van der Waals surface area contributed by atoms with Gasteiger partial charge in [-0.3, -0.25) is 0 Å². The summed E-state index contributed by atoms with van der Waals surface area (Å²) < 4.78 is 1.79. The zero-order valence-corrected chi connectivity index (χ0v) is 7.09. The summed E-state index contributed by atoms with van der Waals surface area (Å²) in [7, 11) is 0. The van der Waals surface area contributed by atoms with Gasteiger partial charge in [-0.1, -0.05) is 0 Å². The van der Waals surface area contributed by atoms with Crippen LogP contribution < -0.4 is 5.73 Å². The lowest BCUT2D eigenvalue weighted by Gasteiger charge is -1.98. The molecule has 1 fully saturated rings. The lowest BCUT2D eigenvalue weighted by molar-refractivity contribution is 0.893. The van der Waals surface area contributed by atoms with Crippen LogP contribution in [0.5, 0.6) is 0 Å². The number of hydrogen-bond donors (Lipinski definition) is 1. The molecule has 0 aromatic carbocycles. The smallest absolute Gasteiger partial charge is 0.154 e. The molecule has 2 heterocycles. The molecule has 0 bridgehead atoms. The molecule has 1 aliphatic carbocycles. The molecule has 0 spiro atoms. The summed E-state index contributed by atoms with van der Waals surface area (Å²) in [5, 5.41) is 4.13. The van der Waals surface area contributed by atoms with Gasteiger partial charge in [0.1, 0.15) is 0 Å². The van der Waals surface area contributed by atoms with Crippen molar-refractivity contribution in [2.45, 2.75) is 18.4 Å². The first kappa shape index (κ1) is 7.03. The highest BCUT2D eigenvalue weighted by Crippen LogP contribution is 2.38. The second-order valence-electron chi connectivity index (χ2n) is 3.53. The van der Waals surface area contributed by atoms with Gasteiger partial charge in [-0.2, -0.15) is 5.10 Å². The SMILES string of the molecule is NC1CC1c1cnc2ccnn2c1. The second-order valence-corrected chi connectivity index (χ2v) is 3.53. The number of nitrogens with zero attached hydrogens (tertiary/aromatic N) is 3. The molecule has 13 heavy (non-hydrogen) atoms. The van der Waals surface area contributed by atoms with Gasteiger partial charge >= 0.3 is 0 Å². The Bertz CT molecular complexity index is 448. The molecule has 2 aromatic rings. The van der Waals surface area contributed by atoms with E-state index < -0.39 is 0 Å². The Balaban J connectivity index is 2.10. The number of nitrogens with two attached hydrogens (primary N) is 1. The van der Waals surface area contributed by atoms with Crippen LogP contribution >= 0.6 is 0 Å². The standard InChI is InChI=1S/C9H10N4/c10-8-3-7(8)6-4-11-9-1-2-12-13(9)5-6/h1-2,4-5,7-8H,3,10H2. The van der Waals surface area contributed by atoms with E-state index in [1.54, 1.807) is 10.7 Å². The molecule has 2 unspecified atom stereocenters. The summed E-state index contributed by atoms with van der Waals surface area (Å²) in [6.45, 7) is 0. The Kier molecular flexibility index (Phi) is 1.24. The zero-order valence-electron chi connectivity index (χ0n) is 7.09. The minimum absolute atomic E-state index is 0.329. The lowest BCUT2D eigenvalue weighted by Crippen LogP contribution is -2.02. The highest BCUT2D eigenvalue weighted by atomic mass is 15.2. The Morgan fingerprint density at radius 1 is 1.54 bits per heavy atom. The maximum Gasteiger partial charge on any atom is 0.154 e. The highest BCUT2D eigenvalue weighted by molar-refractivity contribution is 5.37. The van der Waals surface area contributed by atoms with Gasteiger partial charge in [0.2, 0.25) is 0 Å². The fraction of sp³-hybridized carbons (Fsp3) is 0.333. The molecule has 2 aromatic heterocycles. The van der Waals surface area contributed by atoms with E-state index in [4.69, 9.17) is 5.73 Å². The molecule has 2 atom stereocenters. The van der Waals surface area contributed by atoms with Crippen LogP contribution in [0.25, 0.3) is 5.65 Å². The summed E-state index contributed by atoms with van der Waals surface area (Å²) >= 11 is 0. The van der Waals surface area contributed by atoms with Gasteiger partial charge in [-0.15, -0.1) is 0 Å². The van der Waals surface area contributed by atoms with Gasteiger partial charge in [0.15, 0.2) is 5.65 Å². The number of fused-ring (bicyclic) bond motifs is 1. The summed E-state index contributed by atoms with van der Waals surface area (Å²) in [6.07, 6.45) is 6.74. The van der Waals surface area contributed by atoms with Crippen molar-refractivity contribution >= 4 is 5.65 Å². The quantitative estimate of drug-likeness (QED) is 0.686. The van der Waals surface area contributed by atoms with E-state index in [0.29, 0.717) is 12.0 Å². The molecule has 0 amide bonds. The fourth-order valence-corrected chi connectivity index (χ4v) is 1.61. The molecule has 3 rings (SSSR count). The van der Waals surface area contributed by atoms with Crippen molar-refractivity contribution in [2.24, 2.45) is 5.73 Å². The lowest BCUT2D eigenvalue weighted by atomic mass is 10.2. The highest BCUT2D eigenvalue weighted by Gasteiger charge is 2.35. The molecule has 0 saturated heterocycles. The van der Waals surface area contributed by atoms with E-state index in [0.717, 1.165) is 12.1 Å². The van der Waals surface area contributed by atoms with Crippen LogP contribution in [0, 0.1) is 0 Å². The predicted molar refractivity (Wildman–Crippen MR) is 48.3 cm³/mol. The molecule has 1 aliphatic rings. The first-order valence-corrected chi connectivity index (χ1v) is 4.39. The Morgan fingerprint density at radius 3 is 3.15 bits per heavy atom. The van der Waals surface area contributed by atoms with Crippen molar-refractivity contribution in [1.82, 2.24) is 14.6 Å². The van der Waals surface area contributed by atoms with Gasteiger partial charge in [0.05, 0.1) is 6.20 Å². The summed E-state index contributed by atoms with van der Waals surface area (Å²) in [6, 6.07) is 2.21. The van der Waals surface area contributed by atoms with E-state index >= 15 is 0 Å². The predicted octanol–water partition coefficient (Wildman–Crippen LogP) is 0.544. The first-order valence-electron chi connectivity index (χ1n) is 4.39. The van der Waals surface area contributed by atoms with E-state index in [9.17, 15) is 0 Å². The van der Waals surface area contributed by atoms with Crippen LogP contribution in [0.3, 0.4) is 0 Å². The van der Waals surface area contributed by atoms with Crippen LogP contribution in [0.2, 0.25) is 0 Å². The van der Waals surface area contributed by atoms with Crippen molar-refractivity contribution in [1.29, 1.82) is 0 Å². The summed E-state index contributed by atoms with van der Waals surface area (Å²) in [4.78, 5) is 4.28. The second kappa shape index (κ2) is 2.29. The molecule has 2 N–H and O–H groups in total. The normalized spacial score (nSPS) is 26.5. The number of hydrogen-bond acceptors (Lipinski definition) is 3. The molecule has 0 radical (unpaired) electrons. The van der Waals surface area contributed by atoms with Gasteiger partial charge in [-0.05, 0) is 12.0 Å². The number of rotatable bonds is 1. The third-order valence-electron chi connectivity index (χ3n) is 2.53. The topological polar surface area (TPSA) is 56.2 Å². The maximum atomic E-state index is 5.76. The third kappa shape index (κ3) is 1.02. The zero-order chi connectivity index (χ0) is 8.84. The van der Waals surface area contributed by atoms with Gasteiger partial charge in [0.25, 0.3) is 0 Å². The minimum atomic E-state index is 0.329. The number of aromatic nitrogens is 3.